The molecule has 0 amide bonds. The minimum Gasteiger partial charge on any atom is -0.309 e. The fraction of sp³-hybridized carbons (Fsp3) is 0. The molecule has 0 aliphatic heterocycles. The summed E-state index contributed by atoms with van der Waals surface area (Å²) >= 11 is 3.79. The predicted octanol–water partition coefficient (Wildman–Crippen LogP) is 36.7. The van der Waals surface area contributed by atoms with E-state index in [-0.39, 0.29) is 0 Å². The Morgan fingerprint density at radius 1 is 0.114 bits per heavy atom. The number of thiophene rings is 2. The minimum atomic E-state index is 1.16. The molecule has 654 valence electrons. The lowest BCUT2D eigenvalue weighted by Crippen LogP contribution is -1.95. The van der Waals surface area contributed by atoms with Gasteiger partial charge in [0.15, 0.2) is 0 Å². The lowest BCUT2D eigenvalue weighted by atomic mass is 9.99. The third-order valence-electron chi connectivity index (χ3n) is 28.8. The van der Waals surface area contributed by atoms with Gasteiger partial charge in [0.25, 0.3) is 0 Å². The number of rotatable bonds is 11. The van der Waals surface area contributed by atoms with Crippen LogP contribution in [0.5, 0.6) is 0 Å². The van der Waals surface area contributed by atoms with E-state index in [0.717, 1.165) is 11.4 Å². The Morgan fingerprint density at radius 2 is 0.307 bits per heavy atom. The minimum absolute atomic E-state index is 1.16. The normalized spacial score (nSPS) is 11.9. The Kier molecular flexibility index (Phi) is 19.0. The molecule has 140 heavy (non-hydrogen) atoms. The Morgan fingerprint density at radius 3 is 0.621 bits per heavy atom. The van der Waals surface area contributed by atoms with Crippen LogP contribution in [0.4, 0.5) is 0 Å². The highest BCUT2D eigenvalue weighted by atomic mass is 32.1. The molecule has 0 aliphatic carbocycles. The summed E-state index contributed by atoms with van der Waals surface area (Å²) in [7, 11) is 0. The molecule has 0 N–H and O–H groups in total. The molecule has 0 radical (unpaired) electrons. The lowest BCUT2D eigenvalue weighted by Gasteiger charge is -2.11. The Hall–Kier alpha value is -17.9. The van der Waals surface area contributed by atoms with Crippen LogP contribution in [0, 0.1) is 0 Å². The van der Waals surface area contributed by atoms with Gasteiger partial charge in [0.2, 0.25) is 0 Å². The molecule has 8 aromatic heterocycles. The molecule has 8 heterocycles. The second kappa shape index (κ2) is 33.0. The zero-order valence-electron chi connectivity index (χ0n) is 76.0. The van der Waals surface area contributed by atoms with Gasteiger partial charge >= 0.3 is 0 Å². The summed E-state index contributed by atoms with van der Waals surface area (Å²) in [6.45, 7) is 0. The topological polar surface area (TPSA) is 29.6 Å². The zero-order chi connectivity index (χ0) is 92.0. The van der Waals surface area contributed by atoms with Gasteiger partial charge in [-0.1, -0.05) is 358 Å². The van der Waals surface area contributed by atoms with Crippen LogP contribution in [0.1, 0.15) is 0 Å². The van der Waals surface area contributed by atoms with Crippen molar-refractivity contribution in [2.75, 3.05) is 0 Å². The second-order valence-corrected chi connectivity index (χ2v) is 38.5. The fourth-order valence-corrected chi connectivity index (χ4v) is 25.1. The largest absolute Gasteiger partial charge is 0.309 e. The molecule has 0 unspecified atom stereocenters. The van der Waals surface area contributed by atoms with Crippen molar-refractivity contribution in [3.8, 4) is 89.8 Å². The first-order chi connectivity index (χ1) is 69.5. The quantitative estimate of drug-likeness (QED) is 0.124. The first kappa shape index (κ1) is 80.5. The molecule has 0 atom stereocenters. The zero-order valence-corrected chi connectivity index (χ0v) is 77.6. The molecule has 0 bridgehead atoms. The van der Waals surface area contributed by atoms with Crippen molar-refractivity contribution < 1.29 is 0 Å². The Balaban J connectivity index is 0.000000104. The van der Waals surface area contributed by atoms with Crippen molar-refractivity contribution in [2.24, 2.45) is 0 Å². The maximum atomic E-state index is 2.41. The van der Waals surface area contributed by atoms with Crippen LogP contribution in [-0.4, -0.2) is 27.4 Å². The summed E-state index contributed by atoms with van der Waals surface area (Å²) in [6, 6.07) is 186. The third-order valence-corrected chi connectivity index (χ3v) is 31.3. The molecule has 0 saturated heterocycles. The highest BCUT2D eigenvalue weighted by Crippen LogP contribution is 2.48. The van der Waals surface area contributed by atoms with Crippen molar-refractivity contribution in [1.29, 1.82) is 0 Å². The van der Waals surface area contributed by atoms with Crippen molar-refractivity contribution in [3.63, 3.8) is 0 Å². The van der Waals surface area contributed by atoms with Gasteiger partial charge in [-0.2, -0.15) is 0 Å². The van der Waals surface area contributed by atoms with E-state index >= 15 is 0 Å². The van der Waals surface area contributed by atoms with Gasteiger partial charge in [-0.05, 0) is 207 Å². The Bertz CT molecular complexity index is 10000. The lowest BCUT2D eigenvalue weighted by molar-refractivity contribution is 1.17. The van der Waals surface area contributed by atoms with E-state index in [9.17, 15) is 0 Å². The van der Waals surface area contributed by atoms with Gasteiger partial charge in [-0.15, -0.1) is 22.7 Å². The molecule has 0 aliphatic rings. The van der Waals surface area contributed by atoms with Crippen LogP contribution < -0.4 is 0 Å². The molecule has 0 spiro atoms. The van der Waals surface area contributed by atoms with Crippen LogP contribution in [0.2, 0.25) is 0 Å². The van der Waals surface area contributed by atoms with Gasteiger partial charge in [0.1, 0.15) is 0 Å². The molecular weight excluding hydrogens is 1730 g/mol. The summed E-state index contributed by atoms with van der Waals surface area (Å²) in [6.07, 6.45) is 0. The summed E-state index contributed by atoms with van der Waals surface area (Å²) in [4.78, 5) is 0. The van der Waals surface area contributed by atoms with E-state index < -0.39 is 0 Å². The maximum absolute atomic E-state index is 2.41. The predicted molar refractivity (Wildman–Crippen MR) is 598 cm³/mol. The molecule has 30 rings (SSSR count). The van der Waals surface area contributed by atoms with Gasteiger partial charge in [0, 0.05) is 139 Å². The van der Waals surface area contributed by atoms with E-state index in [1.807, 2.05) is 22.7 Å². The molecule has 22 aromatic carbocycles. The van der Waals surface area contributed by atoms with Crippen molar-refractivity contribution >= 4 is 194 Å². The first-order valence-corrected chi connectivity index (χ1v) is 49.6. The van der Waals surface area contributed by atoms with Gasteiger partial charge in [-0.25, -0.2) is 0 Å². The monoisotopic (exact) mass is 1820 g/mol. The molecule has 8 heteroatoms. The number of hydrogen-bond donors (Lipinski definition) is 0. The number of para-hydroxylation sites is 9. The van der Waals surface area contributed by atoms with E-state index in [4.69, 9.17) is 0 Å². The second-order valence-electron chi connectivity index (χ2n) is 36.5. The maximum Gasteiger partial charge on any atom is 0.0542 e. The van der Waals surface area contributed by atoms with Crippen LogP contribution in [0.3, 0.4) is 0 Å². The summed E-state index contributed by atoms with van der Waals surface area (Å²) in [5.41, 5.74) is 34.1. The molecule has 30 aromatic rings. The number of aromatic nitrogens is 6. The standard InChI is InChI=1S/2C48H30N2S.C36H24N2/c1-5-16-43-37(10-1)38-11-2-6-17-44(38)50(43)35-28-29-46-42(30-35)39-12-3-7-18-45(39)49(46)34-26-24-32(25-27-34)31-20-22-33(23-21-31)36-14-9-15-41-40-13-4-8-19-47(40)51-48(36)41;1-2-12-31(13-3-1)35-17-10-19-40-41-20-11-18-36(48(41)51-47(35)40)32-24-26-33(27-25-32)49-45-23-9-6-16-39(45)42-30-34(28-29-46(42)49)50-43-21-7-4-14-37(43)38-15-5-8-22-44(38)50;1-2-10-25(11-3-1)26-18-20-27(21-19-26)37-35-17-9-6-14-31(35)32-24-28(22-23-36(32)37)38-33-15-7-4-12-29(33)30-13-5-8-16-34(30)38/h2*1-30H;1-24H. The van der Waals surface area contributed by atoms with E-state index in [0.29, 0.717) is 0 Å². The average molecular weight is 1820 g/mol. The average Bonchev–Trinajstić information content (AvgIpc) is 1.51. The number of benzene rings is 22. The summed E-state index contributed by atoms with van der Waals surface area (Å²) < 4.78 is 19.8. The van der Waals surface area contributed by atoms with Crippen LogP contribution in [0.15, 0.2) is 510 Å². The van der Waals surface area contributed by atoms with Gasteiger partial charge < -0.3 is 27.4 Å². The van der Waals surface area contributed by atoms with Crippen molar-refractivity contribution in [2.45, 2.75) is 0 Å². The third kappa shape index (κ3) is 13.1. The smallest absolute Gasteiger partial charge is 0.0542 e. The molecular formula is C132H84N6S2. The molecule has 0 fully saturated rings. The highest BCUT2D eigenvalue weighted by Gasteiger charge is 2.24. The van der Waals surface area contributed by atoms with E-state index in [1.54, 1.807) is 0 Å². The summed E-state index contributed by atoms with van der Waals surface area (Å²) in [5, 5.41) is 20.5. The number of fused-ring (bicyclic) bond motifs is 24. The number of hydrogen-bond acceptors (Lipinski definition) is 2. The SMILES string of the molecule is c1ccc(-c2ccc(-n3c4ccccc4c4cc(-n5c6ccccc6c6ccccc65)ccc43)cc2)cc1.c1ccc(-c2cccc3c2sc2c(-c4ccc(-n5c6ccccc6c6cc(-n7c8ccccc8c8ccccc87)ccc65)cc4)cccc23)cc1.c1ccc2c(c1)sc1c(-c3ccc(-c4ccc(-n5c6ccccc6c6cc(-n7c8ccccc8c8ccccc87)ccc65)cc4)cc3)cccc12. The van der Waals surface area contributed by atoms with Crippen LogP contribution in [0.25, 0.3) is 261 Å². The van der Waals surface area contributed by atoms with Crippen LogP contribution in [-0.2, 0) is 0 Å². The van der Waals surface area contributed by atoms with E-state index in [2.05, 4.69) is 537 Å². The molecule has 6 nitrogen and oxygen atoms in total. The fourth-order valence-electron chi connectivity index (χ4n) is 22.5. The van der Waals surface area contributed by atoms with Crippen molar-refractivity contribution in [3.05, 3.63) is 510 Å². The Labute approximate surface area is 814 Å². The van der Waals surface area contributed by atoms with Crippen molar-refractivity contribution in [1.82, 2.24) is 27.4 Å². The highest BCUT2D eigenvalue weighted by molar-refractivity contribution is 7.27. The van der Waals surface area contributed by atoms with Crippen LogP contribution >= 0.6 is 22.7 Å². The number of nitrogens with zero attached hydrogens (tertiary/aromatic N) is 6. The van der Waals surface area contributed by atoms with E-state index in [1.165, 1.54) is 250 Å². The van der Waals surface area contributed by atoms with Gasteiger partial charge in [-0.3, -0.25) is 0 Å². The molecule has 0 saturated carbocycles. The first-order valence-electron chi connectivity index (χ1n) is 47.9. The van der Waals surface area contributed by atoms with Gasteiger partial charge in [0.05, 0.1) is 66.2 Å². The summed E-state index contributed by atoms with van der Waals surface area (Å²) in [5.74, 6) is 0.